The molecule has 0 fully saturated rings. The number of hydrogen-bond acceptors (Lipinski definition) is 1. The zero-order valence-corrected chi connectivity index (χ0v) is 5.17. The van der Waals surface area contributed by atoms with Gasteiger partial charge in [-0.25, -0.2) is 0 Å². The van der Waals surface area contributed by atoms with Crippen LogP contribution in [0.3, 0.4) is 0 Å². The maximum atomic E-state index is 5.56. The summed E-state index contributed by atoms with van der Waals surface area (Å²) in [6.45, 7) is 0. The van der Waals surface area contributed by atoms with Gasteiger partial charge in [-0.15, -0.1) is 6.42 Å². The third kappa shape index (κ3) is 1.14. The monoisotopic (exact) mass is 119 g/mol. The lowest BCUT2D eigenvalue weighted by Crippen LogP contribution is -2.10. The molecular formula is C8H9N. The van der Waals surface area contributed by atoms with Crippen molar-refractivity contribution in [2.75, 3.05) is 0 Å². The van der Waals surface area contributed by atoms with E-state index < -0.39 is 0 Å². The van der Waals surface area contributed by atoms with Crippen LogP contribution in [0.15, 0.2) is 23.9 Å². The van der Waals surface area contributed by atoms with Crippen molar-refractivity contribution in [2.24, 2.45) is 11.7 Å². The van der Waals surface area contributed by atoms with Crippen LogP contribution in [-0.2, 0) is 0 Å². The molecule has 1 rings (SSSR count). The summed E-state index contributed by atoms with van der Waals surface area (Å²) in [7, 11) is 0. The average molecular weight is 119 g/mol. The van der Waals surface area contributed by atoms with E-state index in [1.165, 1.54) is 0 Å². The molecule has 0 aliphatic heterocycles. The quantitative estimate of drug-likeness (QED) is 0.474. The molecule has 0 aromatic carbocycles. The van der Waals surface area contributed by atoms with E-state index in [4.69, 9.17) is 12.2 Å². The van der Waals surface area contributed by atoms with Crippen LogP contribution in [0.5, 0.6) is 0 Å². The molecule has 0 unspecified atom stereocenters. The molecule has 0 aromatic rings. The fourth-order valence-corrected chi connectivity index (χ4v) is 0.810. The van der Waals surface area contributed by atoms with Gasteiger partial charge >= 0.3 is 0 Å². The zero-order chi connectivity index (χ0) is 6.69. The molecule has 0 amide bonds. The Morgan fingerprint density at radius 1 is 1.78 bits per heavy atom. The normalized spacial score (nSPS) is 24.8. The first kappa shape index (κ1) is 5.97. The van der Waals surface area contributed by atoms with Gasteiger partial charge < -0.3 is 5.73 Å². The van der Waals surface area contributed by atoms with Crippen LogP contribution in [0, 0.1) is 18.3 Å². The van der Waals surface area contributed by atoms with Crippen molar-refractivity contribution in [3.63, 3.8) is 0 Å². The van der Waals surface area contributed by atoms with E-state index in [2.05, 4.69) is 5.92 Å². The van der Waals surface area contributed by atoms with E-state index in [1.54, 1.807) is 0 Å². The van der Waals surface area contributed by atoms with Crippen molar-refractivity contribution in [3.8, 4) is 12.3 Å². The third-order valence-corrected chi connectivity index (χ3v) is 1.40. The molecule has 0 radical (unpaired) electrons. The zero-order valence-electron chi connectivity index (χ0n) is 5.17. The van der Waals surface area contributed by atoms with Crippen molar-refractivity contribution >= 4 is 0 Å². The summed E-state index contributed by atoms with van der Waals surface area (Å²) in [5.41, 5.74) is 6.36. The largest absolute Gasteiger partial charge is 0.401 e. The SMILES string of the molecule is C#C[C@@H]1CC=CC=C1N. The molecule has 1 aliphatic rings. The maximum absolute atomic E-state index is 5.56. The van der Waals surface area contributed by atoms with Crippen LogP contribution in [-0.4, -0.2) is 0 Å². The van der Waals surface area contributed by atoms with Gasteiger partial charge in [0.1, 0.15) is 0 Å². The Morgan fingerprint density at radius 2 is 2.56 bits per heavy atom. The first-order valence-electron chi connectivity index (χ1n) is 2.93. The summed E-state index contributed by atoms with van der Waals surface area (Å²) < 4.78 is 0. The minimum Gasteiger partial charge on any atom is -0.401 e. The number of allylic oxidation sites excluding steroid dienone is 4. The van der Waals surface area contributed by atoms with Crippen LogP contribution < -0.4 is 5.73 Å². The van der Waals surface area contributed by atoms with E-state index in [1.807, 2.05) is 18.2 Å². The van der Waals surface area contributed by atoms with E-state index in [0.29, 0.717) is 0 Å². The highest BCUT2D eigenvalue weighted by Gasteiger charge is 2.06. The standard InChI is InChI=1S/C8H9N/c1-2-7-5-3-4-6-8(7)9/h1,3-4,6-7H,5,9H2/t7-/m1/s1. The predicted molar refractivity (Wildman–Crippen MR) is 38.4 cm³/mol. The van der Waals surface area contributed by atoms with Gasteiger partial charge in [0.05, 0.1) is 5.92 Å². The van der Waals surface area contributed by atoms with Crippen LogP contribution in [0.4, 0.5) is 0 Å². The van der Waals surface area contributed by atoms with E-state index in [-0.39, 0.29) is 5.92 Å². The van der Waals surface area contributed by atoms with Gasteiger partial charge in [-0.1, -0.05) is 18.1 Å². The highest BCUT2D eigenvalue weighted by atomic mass is 14.6. The second-order valence-corrected chi connectivity index (χ2v) is 2.05. The number of nitrogens with two attached hydrogens (primary N) is 1. The first-order chi connectivity index (χ1) is 4.34. The van der Waals surface area contributed by atoms with Gasteiger partial charge in [0.2, 0.25) is 0 Å². The molecule has 2 N–H and O–H groups in total. The second kappa shape index (κ2) is 2.41. The molecule has 0 bridgehead atoms. The third-order valence-electron chi connectivity index (χ3n) is 1.40. The van der Waals surface area contributed by atoms with Crippen LogP contribution in [0.2, 0.25) is 0 Å². The molecule has 9 heavy (non-hydrogen) atoms. The molecule has 46 valence electrons. The van der Waals surface area contributed by atoms with Gasteiger partial charge in [-0.05, 0) is 12.5 Å². The predicted octanol–water partition coefficient (Wildman–Crippen LogP) is 1.04. The van der Waals surface area contributed by atoms with Gasteiger partial charge in [-0.3, -0.25) is 0 Å². The maximum Gasteiger partial charge on any atom is 0.0629 e. The highest BCUT2D eigenvalue weighted by Crippen LogP contribution is 2.14. The minimum atomic E-state index is 0.134. The molecule has 0 heterocycles. The summed E-state index contributed by atoms with van der Waals surface area (Å²) in [6.07, 6.45) is 11.9. The average Bonchev–Trinajstić information content (AvgIpc) is 1.89. The molecule has 1 nitrogen and oxygen atoms in total. The summed E-state index contributed by atoms with van der Waals surface area (Å²) in [5.74, 6) is 2.74. The Balaban J connectivity index is 2.73. The second-order valence-electron chi connectivity index (χ2n) is 2.05. The van der Waals surface area contributed by atoms with Crippen molar-refractivity contribution in [2.45, 2.75) is 6.42 Å². The molecule has 1 atom stereocenters. The van der Waals surface area contributed by atoms with Gasteiger partial charge in [0.15, 0.2) is 0 Å². The van der Waals surface area contributed by atoms with Crippen molar-refractivity contribution in [1.29, 1.82) is 0 Å². The molecule has 0 spiro atoms. The van der Waals surface area contributed by atoms with E-state index in [9.17, 15) is 0 Å². The summed E-state index contributed by atoms with van der Waals surface area (Å²) in [6, 6.07) is 0. The Labute approximate surface area is 55.2 Å². The number of rotatable bonds is 0. The van der Waals surface area contributed by atoms with Crippen LogP contribution >= 0.6 is 0 Å². The molecule has 1 aliphatic carbocycles. The van der Waals surface area contributed by atoms with Gasteiger partial charge in [0, 0.05) is 5.70 Å². The fourth-order valence-electron chi connectivity index (χ4n) is 0.810. The van der Waals surface area contributed by atoms with Crippen molar-refractivity contribution in [3.05, 3.63) is 23.9 Å². The summed E-state index contributed by atoms with van der Waals surface area (Å²) in [5, 5.41) is 0. The lowest BCUT2D eigenvalue weighted by atomic mass is 9.99. The Bertz CT molecular complexity index is 193. The van der Waals surface area contributed by atoms with Gasteiger partial charge in [0.25, 0.3) is 0 Å². The summed E-state index contributed by atoms with van der Waals surface area (Å²) >= 11 is 0. The highest BCUT2D eigenvalue weighted by molar-refractivity contribution is 5.24. The molecule has 0 saturated carbocycles. The fraction of sp³-hybridized carbons (Fsp3) is 0.250. The topological polar surface area (TPSA) is 26.0 Å². The van der Waals surface area contributed by atoms with E-state index >= 15 is 0 Å². The smallest absolute Gasteiger partial charge is 0.0629 e. The van der Waals surface area contributed by atoms with Gasteiger partial charge in [-0.2, -0.15) is 0 Å². The lowest BCUT2D eigenvalue weighted by molar-refractivity contribution is 0.780. The minimum absolute atomic E-state index is 0.134. The Morgan fingerprint density at radius 3 is 3.00 bits per heavy atom. The molecular weight excluding hydrogens is 110 g/mol. The van der Waals surface area contributed by atoms with Crippen molar-refractivity contribution < 1.29 is 0 Å². The Kier molecular flexibility index (Phi) is 1.60. The van der Waals surface area contributed by atoms with Crippen LogP contribution in [0.25, 0.3) is 0 Å². The molecule has 1 heteroatoms. The summed E-state index contributed by atoms with van der Waals surface area (Å²) in [4.78, 5) is 0. The first-order valence-corrected chi connectivity index (χ1v) is 2.93. The lowest BCUT2D eigenvalue weighted by Gasteiger charge is -2.10. The van der Waals surface area contributed by atoms with Crippen molar-refractivity contribution in [1.82, 2.24) is 0 Å². The Hall–Kier alpha value is -1.16. The molecule has 0 saturated heterocycles. The number of hydrogen-bond donors (Lipinski definition) is 1. The van der Waals surface area contributed by atoms with E-state index in [0.717, 1.165) is 12.1 Å². The molecule has 0 aromatic heterocycles. The number of terminal acetylenes is 1. The van der Waals surface area contributed by atoms with Crippen LogP contribution in [0.1, 0.15) is 6.42 Å².